The van der Waals surface area contributed by atoms with Crippen molar-refractivity contribution in [2.45, 2.75) is 31.4 Å². The largest absolute Gasteiger partial charge is 0.379 e. The number of carbonyl (C=O) groups excluding carboxylic acids is 1. The summed E-state index contributed by atoms with van der Waals surface area (Å²) >= 11 is 5.00. The zero-order valence-electron chi connectivity index (χ0n) is 11.5. The molecule has 112 valence electrons. The molecule has 0 bridgehead atoms. The van der Waals surface area contributed by atoms with Crippen molar-refractivity contribution in [3.05, 3.63) is 28.3 Å². The normalized spacial score (nSPS) is 21.8. The smallest absolute Gasteiger partial charge is 0.253 e. The summed E-state index contributed by atoms with van der Waals surface area (Å²) < 4.78 is 19.4. The molecule has 0 unspecified atom stereocenters. The Morgan fingerprint density at radius 2 is 2.24 bits per heavy atom. The summed E-state index contributed by atoms with van der Waals surface area (Å²) in [6.45, 7) is 0. The number of aromatic amines is 2. The Bertz CT molecular complexity index is 739. The fraction of sp³-hybridized carbons (Fsp3) is 0.429. The van der Waals surface area contributed by atoms with E-state index in [0.717, 1.165) is 19.3 Å². The number of benzene rings is 1. The van der Waals surface area contributed by atoms with Crippen LogP contribution >= 0.6 is 12.2 Å². The Kier molecular flexibility index (Phi) is 3.77. The molecule has 2 aromatic rings. The first kappa shape index (κ1) is 14.2. The van der Waals surface area contributed by atoms with Crippen LogP contribution in [0.4, 0.5) is 4.39 Å². The third-order valence-electron chi connectivity index (χ3n) is 3.91. The number of nitrogens with one attached hydrogen (secondary N) is 3. The second kappa shape index (κ2) is 5.57. The number of ether oxygens (including phenoxy) is 1. The molecule has 5 nitrogen and oxygen atoms in total. The summed E-state index contributed by atoms with van der Waals surface area (Å²) in [6, 6.07) is 2.49. The van der Waals surface area contributed by atoms with Crippen molar-refractivity contribution in [3.8, 4) is 0 Å². The molecule has 1 fully saturated rings. The molecule has 1 aliphatic carbocycles. The SMILES string of the molecule is CO[C@@H]1CCC[C@H]1NC(=O)c1cc(F)cc2[nH]c(=S)[nH]c12. The lowest BCUT2D eigenvalue weighted by Crippen LogP contribution is -2.40. The molecule has 0 saturated heterocycles. The van der Waals surface area contributed by atoms with Crippen molar-refractivity contribution in [1.82, 2.24) is 15.3 Å². The van der Waals surface area contributed by atoms with Gasteiger partial charge in [-0.15, -0.1) is 0 Å². The van der Waals surface area contributed by atoms with E-state index in [0.29, 0.717) is 15.8 Å². The predicted octanol–water partition coefficient (Wildman–Crippen LogP) is 2.66. The Balaban J connectivity index is 1.92. The molecule has 0 aliphatic heterocycles. The van der Waals surface area contributed by atoms with E-state index in [1.165, 1.54) is 12.1 Å². The number of fused-ring (bicyclic) bond motifs is 1. The second-order valence-electron chi connectivity index (χ2n) is 5.24. The van der Waals surface area contributed by atoms with Gasteiger partial charge in [0, 0.05) is 7.11 Å². The topological polar surface area (TPSA) is 69.9 Å². The highest BCUT2D eigenvalue weighted by Crippen LogP contribution is 2.23. The summed E-state index contributed by atoms with van der Waals surface area (Å²) in [5.41, 5.74) is 1.25. The van der Waals surface area contributed by atoms with Crippen LogP contribution in [-0.2, 0) is 4.74 Å². The molecule has 1 heterocycles. The highest BCUT2D eigenvalue weighted by atomic mass is 32.1. The van der Waals surface area contributed by atoms with Gasteiger partial charge in [-0.25, -0.2) is 4.39 Å². The zero-order valence-corrected chi connectivity index (χ0v) is 12.3. The van der Waals surface area contributed by atoms with Gasteiger partial charge in [0.1, 0.15) is 5.82 Å². The standard InChI is InChI=1S/C14H16FN3O2S/c1-20-11-4-2-3-9(11)16-13(19)8-5-7(15)6-10-12(8)18-14(21)17-10/h5-6,9,11H,2-4H2,1H3,(H,16,19)(H2,17,18,21)/t9-,11-/m1/s1. The maximum Gasteiger partial charge on any atom is 0.253 e. The Morgan fingerprint density at radius 3 is 3.00 bits per heavy atom. The van der Waals surface area contributed by atoms with E-state index >= 15 is 0 Å². The number of amides is 1. The van der Waals surface area contributed by atoms with E-state index in [2.05, 4.69) is 15.3 Å². The van der Waals surface area contributed by atoms with Crippen LogP contribution in [0.5, 0.6) is 0 Å². The lowest BCUT2D eigenvalue weighted by atomic mass is 10.1. The van der Waals surface area contributed by atoms with E-state index in [1.807, 2.05) is 0 Å². The van der Waals surface area contributed by atoms with Crippen LogP contribution in [-0.4, -0.2) is 35.1 Å². The van der Waals surface area contributed by atoms with Crippen molar-refractivity contribution in [2.75, 3.05) is 7.11 Å². The number of rotatable bonds is 3. The lowest BCUT2D eigenvalue weighted by Gasteiger charge is -2.19. The number of hydrogen-bond acceptors (Lipinski definition) is 3. The minimum atomic E-state index is -0.479. The van der Waals surface area contributed by atoms with Gasteiger partial charge in [0.15, 0.2) is 4.77 Å². The van der Waals surface area contributed by atoms with E-state index in [1.54, 1.807) is 7.11 Å². The summed E-state index contributed by atoms with van der Waals surface area (Å²) in [5, 5.41) is 2.93. The molecule has 1 saturated carbocycles. The number of methoxy groups -OCH3 is 1. The van der Waals surface area contributed by atoms with Gasteiger partial charge >= 0.3 is 0 Å². The van der Waals surface area contributed by atoms with Gasteiger partial charge < -0.3 is 20.0 Å². The summed E-state index contributed by atoms with van der Waals surface area (Å²) in [6.07, 6.45) is 2.82. The third kappa shape index (κ3) is 2.71. The average molecular weight is 309 g/mol. The van der Waals surface area contributed by atoms with Crippen LogP contribution < -0.4 is 5.32 Å². The Hall–Kier alpha value is -1.73. The Labute approximate surface area is 125 Å². The molecule has 1 amide bonds. The van der Waals surface area contributed by atoms with Crippen molar-refractivity contribution in [1.29, 1.82) is 0 Å². The van der Waals surface area contributed by atoms with Gasteiger partial charge in [-0.05, 0) is 43.6 Å². The summed E-state index contributed by atoms with van der Waals surface area (Å²) in [5.74, 6) is -0.800. The highest BCUT2D eigenvalue weighted by molar-refractivity contribution is 7.71. The molecule has 0 spiro atoms. The first-order valence-corrected chi connectivity index (χ1v) is 7.24. The molecule has 2 atom stereocenters. The van der Waals surface area contributed by atoms with E-state index < -0.39 is 5.82 Å². The number of halogens is 1. The van der Waals surface area contributed by atoms with Crippen LogP contribution in [0.3, 0.4) is 0 Å². The molecule has 1 aliphatic rings. The van der Waals surface area contributed by atoms with Crippen molar-refractivity contribution >= 4 is 29.2 Å². The van der Waals surface area contributed by atoms with Crippen molar-refractivity contribution in [2.24, 2.45) is 0 Å². The lowest BCUT2D eigenvalue weighted by molar-refractivity contribution is 0.0723. The number of aromatic nitrogens is 2. The summed E-state index contributed by atoms with van der Waals surface area (Å²) in [4.78, 5) is 18.1. The molecular weight excluding hydrogens is 293 g/mol. The number of carbonyl (C=O) groups is 1. The zero-order chi connectivity index (χ0) is 15.0. The van der Waals surface area contributed by atoms with Crippen molar-refractivity contribution < 1.29 is 13.9 Å². The third-order valence-corrected chi connectivity index (χ3v) is 4.11. The maximum atomic E-state index is 13.7. The monoisotopic (exact) mass is 309 g/mol. The predicted molar refractivity (Wildman–Crippen MR) is 79.3 cm³/mol. The maximum absolute atomic E-state index is 13.7. The van der Waals surface area contributed by atoms with Crippen LogP contribution in [0.1, 0.15) is 29.6 Å². The quantitative estimate of drug-likeness (QED) is 0.763. The molecule has 1 aromatic heterocycles. The molecule has 3 N–H and O–H groups in total. The van der Waals surface area contributed by atoms with Crippen LogP contribution in [0.2, 0.25) is 0 Å². The second-order valence-corrected chi connectivity index (χ2v) is 5.65. The molecule has 3 rings (SSSR count). The van der Waals surface area contributed by atoms with Gasteiger partial charge in [0.2, 0.25) is 0 Å². The van der Waals surface area contributed by atoms with E-state index in [9.17, 15) is 9.18 Å². The fourth-order valence-corrected chi connectivity index (χ4v) is 3.12. The summed E-state index contributed by atoms with van der Waals surface area (Å²) in [7, 11) is 1.64. The van der Waals surface area contributed by atoms with Crippen LogP contribution in [0, 0.1) is 10.6 Å². The fourth-order valence-electron chi connectivity index (χ4n) is 2.91. The highest BCUT2D eigenvalue weighted by Gasteiger charge is 2.29. The molecular formula is C14H16FN3O2S. The van der Waals surface area contributed by atoms with Crippen LogP contribution in [0.25, 0.3) is 11.0 Å². The van der Waals surface area contributed by atoms with Crippen LogP contribution in [0.15, 0.2) is 12.1 Å². The molecule has 21 heavy (non-hydrogen) atoms. The van der Waals surface area contributed by atoms with E-state index in [4.69, 9.17) is 17.0 Å². The first-order chi connectivity index (χ1) is 10.1. The Morgan fingerprint density at radius 1 is 1.43 bits per heavy atom. The van der Waals surface area contributed by atoms with Gasteiger partial charge in [-0.2, -0.15) is 0 Å². The first-order valence-electron chi connectivity index (χ1n) is 6.83. The van der Waals surface area contributed by atoms with Gasteiger partial charge in [-0.3, -0.25) is 4.79 Å². The molecule has 7 heteroatoms. The average Bonchev–Trinajstić information content (AvgIpc) is 3.02. The van der Waals surface area contributed by atoms with Gasteiger partial charge in [0.25, 0.3) is 5.91 Å². The minimum absolute atomic E-state index is 0.0164. The van der Waals surface area contributed by atoms with Gasteiger partial charge in [0.05, 0.1) is 28.7 Å². The number of H-pyrrole nitrogens is 2. The molecule has 1 aromatic carbocycles. The number of hydrogen-bond donors (Lipinski definition) is 3. The number of imidazole rings is 1. The minimum Gasteiger partial charge on any atom is -0.379 e. The van der Waals surface area contributed by atoms with Gasteiger partial charge in [-0.1, -0.05) is 0 Å². The molecule has 0 radical (unpaired) electrons. The van der Waals surface area contributed by atoms with E-state index in [-0.39, 0.29) is 23.6 Å². The van der Waals surface area contributed by atoms with Crippen molar-refractivity contribution in [3.63, 3.8) is 0 Å².